The first-order valence-corrected chi connectivity index (χ1v) is 8.16. The molecular weight excluding hydrogens is 239 g/mol. The summed E-state index contributed by atoms with van der Waals surface area (Å²) in [6, 6.07) is 12.8. The van der Waals surface area contributed by atoms with Gasteiger partial charge < -0.3 is 0 Å². The Kier molecular flexibility index (Phi) is 4.97. The number of fused-ring (bicyclic) bond motifs is 1. The summed E-state index contributed by atoms with van der Waals surface area (Å²) in [5.41, 5.74) is 1.37. The molecule has 0 unspecified atom stereocenters. The molecule has 0 amide bonds. The summed E-state index contributed by atoms with van der Waals surface area (Å²) in [6.45, 7) is 2.14. The van der Waals surface area contributed by atoms with Crippen molar-refractivity contribution in [2.45, 2.75) is 6.92 Å². The zero-order chi connectivity index (χ0) is 9.68. The number of halogens is 2. The fourth-order valence-corrected chi connectivity index (χ4v) is 1.31. The Morgan fingerprint density at radius 2 is 1.85 bits per heavy atom. The number of aryl methyl sites for hydroxylation is 1. The topological polar surface area (TPSA) is 0 Å². The molecule has 0 saturated carbocycles. The van der Waals surface area contributed by atoms with Gasteiger partial charge in [0, 0.05) is 0 Å². The molecule has 2 aromatic carbocycles. The second-order valence-electron chi connectivity index (χ2n) is 2.68. The minimum absolute atomic E-state index is 0.556. The van der Waals surface area contributed by atoms with E-state index in [2.05, 4.69) is 43.3 Å². The Morgan fingerprint density at radius 1 is 1.23 bits per heavy atom. The van der Waals surface area contributed by atoms with E-state index in [0.717, 1.165) is 0 Å². The van der Waals surface area contributed by atoms with Crippen molar-refractivity contribution in [2.75, 3.05) is 0 Å². The molecule has 0 saturated heterocycles. The van der Waals surface area contributed by atoms with E-state index in [1.54, 1.807) is 0 Å². The van der Waals surface area contributed by atoms with Crippen molar-refractivity contribution in [3.63, 3.8) is 0 Å². The summed E-state index contributed by atoms with van der Waals surface area (Å²) in [4.78, 5) is 0. The van der Waals surface area contributed by atoms with Gasteiger partial charge in [-0.05, 0) is 0 Å². The van der Waals surface area contributed by atoms with Gasteiger partial charge >= 0.3 is 35.6 Å². The average Bonchev–Trinajstić information content (AvgIpc) is 2.50. The van der Waals surface area contributed by atoms with E-state index in [0.29, 0.717) is 0 Å². The maximum absolute atomic E-state index is 4.89. The fraction of sp³-hybridized carbons (Fsp3) is 0.100. The quantitative estimate of drug-likeness (QED) is 0.483. The van der Waals surface area contributed by atoms with Crippen LogP contribution in [-0.4, -0.2) is 0 Å². The molecule has 0 aliphatic heterocycles. The monoisotopic (exact) mass is 247 g/mol. The van der Waals surface area contributed by atoms with Gasteiger partial charge in [-0.25, -0.2) is 0 Å². The first-order valence-electron chi connectivity index (χ1n) is 3.87. The van der Waals surface area contributed by atoms with Crippen LogP contribution in [-0.2, 0) is 17.0 Å². The van der Waals surface area contributed by atoms with Crippen LogP contribution in [0.1, 0.15) is 5.56 Å². The molecule has 2 aromatic rings. The van der Waals surface area contributed by atoms with Gasteiger partial charge in [0.1, 0.15) is 0 Å². The first-order chi connectivity index (χ1) is 6.29. The van der Waals surface area contributed by atoms with E-state index in [-0.39, 0.29) is 0 Å². The van der Waals surface area contributed by atoms with E-state index >= 15 is 0 Å². The van der Waals surface area contributed by atoms with E-state index < -0.39 is 17.0 Å². The van der Waals surface area contributed by atoms with Gasteiger partial charge in [-0.1, -0.05) is 13.0 Å². The van der Waals surface area contributed by atoms with Crippen LogP contribution in [0.15, 0.2) is 36.4 Å². The van der Waals surface area contributed by atoms with Crippen LogP contribution in [0.5, 0.6) is 0 Å². The van der Waals surface area contributed by atoms with Crippen molar-refractivity contribution >= 4 is 29.4 Å². The molecule has 0 heterocycles. The molecule has 0 N–H and O–H groups in total. The van der Waals surface area contributed by atoms with Crippen molar-refractivity contribution < 1.29 is 17.0 Å². The van der Waals surface area contributed by atoms with Crippen molar-refractivity contribution in [3.8, 4) is 0 Å². The van der Waals surface area contributed by atoms with E-state index in [9.17, 15) is 0 Å². The third kappa shape index (κ3) is 3.07. The van der Waals surface area contributed by atoms with Crippen LogP contribution < -0.4 is 0 Å². The standard InChI is InChI=1S/C10H9.2ClH.Ti/c1-8-6-7-9-4-2-3-5-10(8)9;;;/h2-7H,1H3;2*1H;/q-1;;;+2/p-2. The summed E-state index contributed by atoms with van der Waals surface area (Å²) < 4.78 is 0. The van der Waals surface area contributed by atoms with Crippen molar-refractivity contribution in [1.29, 1.82) is 0 Å². The SMILES string of the molecule is Cc1c[cH-]c2ccccc12.[Cl][Ti][Cl]. The summed E-state index contributed by atoms with van der Waals surface area (Å²) in [7, 11) is 9.78. The Morgan fingerprint density at radius 3 is 2.46 bits per heavy atom. The minimum atomic E-state index is -0.556. The van der Waals surface area contributed by atoms with Gasteiger partial charge in [-0.2, -0.15) is 11.6 Å². The molecule has 0 spiro atoms. The number of rotatable bonds is 0. The van der Waals surface area contributed by atoms with Crippen LogP contribution in [0, 0.1) is 6.92 Å². The normalized spacial score (nSPS) is 9.15. The van der Waals surface area contributed by atoms with Crippen LogP contribution in [0.25, 0.3) is 10.8 Å². The Hall–Kier alpha value is 0.124. The van der Waals surface area contributed by atoms with Crippen LogP contribution in [0.3, 0.4) is 0 Å². The summed E-state index contributed by atoms with van der Waals surface area (Å²) in [6.07, 6.45) is 0. The Bertz CT molecular complexity index is 368. The molecule has 68 valence electrons. The molecule has 0 fully saturated rings. The molecule has 13 heavy (non-hydrogen) atoms. The molecule has 2 rings (SSSR count). The van der Waals surface area contributed by atoms with Crippen molar-refractivity contribution in [1.82, 2.24) is 0 Å². The predicted molar refractivity (Wildman–Crippen MR) is 56.0 cm³/mol. The zero-order valence-corrected chi connectivity index (χ0v) is 10.3. The molecule has 0 aliphatic rings. The van der Waals surface area contributed by atoms with Crippen molar-refractivity contribution in [3.05, 3.63) is 42.0 Å². The summed E-state index contributed by atoms with van der Waals surface area (Å²) in [5, 5.41) is 2.72. The Labute approximate surface area is 94.9 Å². The molecule has 3 heteroatoms. The second-order valence-corrected chi connectivity index (χ2v) is 5.25. The van der Waals surface area contributed by atoms with Gasteiger partial charge in [-0.3, -0.25) is 0 Å². The molecule has 0 radical (unpaired) electrons. The van der Waals surface area contributed by atoms with Gasteiger partial charge in [0.15, 0.2) is 0 Å². The molecule has 0 bridgehead atoms. The molecule has 0 nitrogen and oxygen atoms in total. The Balaban J connectivity index is 0.000000251. The number of hydrogen-bond donors (Lipinski definition) is 0. The van der Waals surface area contributed by atoms with Gasteiger partial charge in [0.25, 0.3) is 0 Å². The molecule has 0 aromatic heterocycles. The fourth-order valence-electron chi connectivity index (χ4n) is 1.31. The summed E-state index contributed by atoms with van der Waals surface area (Å²) in [5.74, 6) is 0. The third-order valence-electron chi connectivity index (χ3n) is 1.90. The predicted octanol–water partition coefficient (Wildman–Crippen LogP) is 4.24. The van der Waals surface area contributed by atoms with Gasteiger partial charge in [-0.15, -0.1) is 35.0 Å². The molecular formula is C10H9Cl2Ti-. The van der Waals surface area contributed by atoms with E-state index in [1.165, 1.54) is 16.3 Å². The third-order valence-corrected chi connectivity index (χ3v) is 1.90. The first kappa shape index (κ1) is 11.2. The van der Waals surface area contributed by atoms with Gasteiger partial charge in [0.2, 0.25) is 0 Å². The van der Waals surface area contributed by atoms with Crippen LogP contribution >= 0.6 is 18.6 Å². The van der Waals surface area contributed by atoms with E-state index in [1.807, 2.05) is 0 Å². The average molecular weight is 248 g/mol. The van der Waals surface area contributed by atoms with Crippen LogP contribution in [0.4, 0.5) is 0 Å². The molecule has 0 aliphatic carbocycles. The number of hydrogen-bond acceptors (Lipinski definition) is 0. The second kappa shape index (κ2) is 5.77. The summed E-state index contributed by atoms with van der Waals surface area (Å²) >= 11 is -0.556. The van der Waals surface area contributed by atoms with Gasteiger partial charge in [0.05, 0.1) is 0 Å². The zero-order valence-electron chi connectivity index (χ0n) is 7.22. The maximum atomic E-state index is 4.89. The van der Waals surface area contributed by atoms with Crippen LogP contribution in [0.2, 0.25) is 0 Å². The van der Waals surface area contributed by atoms with Crippen molar-refractivity contribution in [2.24, 2.45) is 0 Å². The molecule has 0 atom stereocenters. The number of benzene rings is 1. The van der Waals surface area contributed by atoms with E-state index in [4.69, 9.17) is 18.6 Å².